The lowest BCUT2D eigenvalue weighted by Gasteiger charge is -2.36. The minimum absolute atomic E-state index is 0.900. The van der Waals surface area contributed by atoms with Gasteiger partial charge in [-0.05, 0) is 32.7 Å². The van der Waals surface area contributed by atoms with Crippen LogP contribution in [0.5, 0.6) is 0 Å². The largest absolute Gasteiger partial charge is 0.354 e. The average Bonchev–Trinajstić information content (AvgIpc) is 3.19. The number of aromatic nitrogens is 2. The first-order chi connectivity index (χ1) is 9.69. The molecule has 0 radical (unpaired) electrons. The maximum absolute atomic E-state index is 4.60. The summed E-state index contributed by atoms with van der Waals surface area (Å²) in [4.78, 5) is 5.14. The van der Waals surface area contributed by atoms with Gasteiger partial charge in [0.15, 0.2) is 0 Å². The summed E-state index contributed by atoms with van der Waals surface area (Å²) in [6.07, 6.45) is 2.90. The van der Waals surface area contributed by atoms with Crippen LogP contribution in [0.1, 0.15) is 24.1 Å². The minimum atomic E-state index is 0.900. The quantitative estimate of drug-likeness (QED) is 0.870. The lowest BCUT2D eigenvalue weighted by atomic mass is 10.2. The third-order valence-electron chi connectivity index (χ3n) is 4.55. The highest BCUT2D eigenvalue weighted by molar-refractivity contribution is 5.50. The summed E-state index contributed by atoms with van der Waals surface area (Å²) in [6, 6.07) is 0. The van der Waals surface area contributed by atoms with Crippen molar-refractivity contribution in [1.29, 1.82) is 0 Å². The highest BCUT2D eigenvalue weighted by atomic mass is 15.4. The molecular formula is C15H27N5. The molecule has 5 heteroatoms. The van der Waals surface area contributed by atoms with Crippen LogP contribution < -0.4 is 10.2 Å². The van der Waals surface area contributed by atoms with Crippen LogP contribution in [0.25, 0.3) is 0 Å². The van der Waals surface area contributed by atoms with Crippen LogP contribution in [0.2, 0.25) is 0 Å². The smallest absolute Gasteiger partial charge is 0.131 e. The molecule has 0 aromatic carbocycles. The fraction of sp³-hybridized carbons (Fsp3) is 0.800. The number of hydrogen-bond donors (Lipinski definition) is 1. The van der Waals surface area contributed by atoms with Crippen molar-refractivity contribution in [2.75, 3.05) is 44.7 Å². The SMILES string of the molecule is CNCc1c(C)nn(C)c1N1CCN(CC2CC2)CC1. The van der Waals surface area contributed by atoms with Crippen molar-refractivity contribution in [3.8, 4) is 0 Å². The number of nitrogens with zero attached hydrogens (tertiary/aromatic N) is 4. The molecule has 0 bridgehead atoms. The van der Waals surface area contributed by atoms with Gasteiger partial charge in [-0.2, -0.15) is 5.10 Å². The van der Waals surface area contributed by atoms with Gasteiger partial charge in [0.1, 0.15) is 5.82 Å². The number of anilines is 1. The summed E-state index contributed by atoms with van der Waals surface area (Å²) in [5.74, 6) is 2.31. The third-order valence-corrected chi connectivity index (χ3v) is 4.55. The molecule has 0 unspecified atom stereocenters. The highest BCUT2D eigenvalue weighted by Gasteiger charge is 2.28. The highest BCUT2D eigenvalue weighted by Crippen LogP contribution is 2.30. The van der Waals surface area contributed by atoms with Crippen molar-refractivity contribution in [2.24, 2.45) is 13.0 Å². The van der Waals surface area contributed by atoms with E-state index in [1.54, 1.807) is 0 Å². The topological polar surface area (TPSA) is 36.3 Å². The van der Waals surface area contributed by atoms with Crippen LogP contribution in [0.4, 0.5) is 5.82 Å². The fourth-order valence-corrected chi connectivity index (χ4v) is 3.28. The Balaban J connectivity index is 1.67. The zero-order valence-electron chi connectivity index (χ0n) is 13.0. The van der Waals surface area contributed by atoms with Crippen molar-refractivity contribution < 1.29 is 0 Å². The average molecular weight is 277 g/mol. The summed E-state index contributed by atoms with van der Waals surface area (Å²) in [5, 5.41) is 7.87. The van der Waals surface area contributed by atoms with Gasteiger partial charge in [-0.1, -0.05) is 0 Å². The molecule has 1 saturated heterocycles. The van der Waals surface area contributed by atoms with E-state index < -0.39 is 0 Å². The molecule has 0 amide bonds. The number of nitrogens with one attached hydrogen (secondary N) is 1. The molecule has 1 aliphatic carbocycles. The zero-order valence-corrected chi connectivity index (χ0v) is 13.0. The molecule has 1 saturated carbocycles. The molecule has 112 valence electrons. The van der Waals surface area contributed by atoms with Crippen molar-refractivity contribution >= 4 is 5.82 Å². The van der Waals surface area contributed by atoms with Crippen LogP contribution in [0.3, 0.4) is 0 Å². The summed E-state index contributed by atoms with van der Waals surface area (Å²) in [7, 11) is 4.07. The minimum Gasteiger partial charge on any atom is -0.354 e. The standard InChI is InChI=1S/C15H27N5/c1-12-14(10-16-2)15(18(3)17-12)20-8-6-19(7-9-20)11-13-4-5-13/h13,16H,4-11H2,1-3H3. The van der Waals surface area contributed by atoms with Gasteiger partial charge in [0, 0.05) is 51.9 Å². The van der Waals surface area contributed by atoms with Gasteiger partial charge in [-0.25, -0.2) is 0 Å². The number of rotatable bonds is 5. The van der Waals surface area contributed by atoms with Crippen LogP contribution in [-0.4, -0.2) is 54.5 Å². The molecule has 20 heavy (non-hydrogen) atoms. The van der Waals surface area contributed by atoms with Crippen molar-refractivity contribution in [2.45, 2.75) is 26.3 Å². The Kier molecular flexibility index (Phi) is 3.98. The zero-order chi connectivity index (χ0) is 14.1. The molecule has 3 rings (SSSR count). The van der Waals surface area contributed by atoms with Crippen LogP contribution >= 0.6 is 0 Å². The van der Waals surface area contributed by atoms with Gasteiger partial charge >= 0.3 is 0 Å². The van der Waals surface area contributed by atoms with Crippen molar-refractivity contribution in [1.82, 2.24) is 20.0 Å². The van der Waals surface area contributed by atoms with Gasteiger partial charge in [0.05, 0.1) is 5.69 Å². The molecule has 2 aliphatic rings. The molecule has 1 aromatic heterocycles. The van der Waals surface area contributed by atoms with E-state index in [0.29, 0.717) is 0 Å². The first kappa shape index (κ1) is 13.9. The number of aryl methyl sites for hydroxylation is 2. The Morgan fingerprint density at radius 2 is 1.90 bits per heavy atom. The van der Waals surface area contributed by atoms with Crippen molar-refractivity contribution in [3.05, 3.63) is 11.3 Å². The second-order valence-corrected chi connectivity index (χ2v) is 6.27. The summed E-state index contributed by atoms with van der Waals surface area (Å²) in [6.45, 7) is 8.97. The Hall–Kier alpha value is -1.07. The Morgan fingerprint density at radius 1 is 1.20 bits per heavy atom. The number of hydrogen-bond acceptors (Lipinski definition) is 4. The maximum atomic E-state index is 4.60. The molecule has 5 nitrogen and oxygen atoms in total. The van der Waals surface area contributed by atoms with Crippen LogP contribution in [0.15, 0.2) is 0 Å². The Bertz CT molecular complexity index is 455. The van der Waals surface area contributed by atoms with Gasteiger partial charge in [0.2, 0.25) is 0 Å². The maximum Gasteiger partial charge on any atom is 0.131 e. The summed E-state index contributed by atoms with van der Waals surface area (Å²) in [5.41, 5.74) is 2.50. The van der Waals surface area contributed by atoms with Crippen LogP contribution in [-0.2, 0) is 13.6 Å². The monoisotopic (exact) mass is 277 g/mol. The molecule has 1 aliphatic heterocycles. The first-order valence-electron chi connectivity index (χ1n) is 7.83. The molecular weight excluding hydrogens is 250 g/mol. The molecule has 0 atom stereocenters. The van der Waals surface area contributed by atoms with E-state index in [-0.39, 0.29) is 0 Å². The van der Waals surface area contributed by atoms with E-state index >= 15 is 0 Å². The molecule has 0 spiro atoms. The fourth-order valence-electron chi connectivity index (χ4n) is 3.28. The van der Waals surface area contributed by atoms with E-state index in [4.69, 9.17) is 0 Å². The van der Waals surface area contributed by atoms with E-state index in [1.807, 2.05) is 7.05 Å². The van der Waals surface area contributed by atoms with E-state index in [1.165, 1.54) is 43.9 Å². The number of piperazine rings is 1. The summed E-state index contributed by atoms with van der Waals surface area (Å²) >= 11 is 0. The molecule has 1 aromatic rings. The second kappa shape index (κ2) is 5.74. The van der Waals surface area contributed by atoms with E-state index in [9.17, 15) is 0 Å². The second-order valence-electron chi connectivity index (χ2n) is 6.27. The van der Waals surface area contributed by atoms with Gasteiger partial charge < -0.3 is 10.2 Å². The van der Waals surface area contributed by atoms with Crippen LogP contribution in [0, 0.1) is 12.8 Å². The molecule has 1 N–H and O–H groups in total. The predicted octanol–water partition coefficient (Wildman–Crippen LogP) is 0.980. The lowest BCUT2D eigenvalue weighted by Crippen LogP contribution is -2.47. The van der Waals surface area contributed by atoms with Crippen molar-refractivity contribution in [3.63, 3.8) is 0 Å². The third kappa shape index (κ3) is 2.83. The molecule has 2 heterocycles. The summed E-state index contributed by atoms with van der Waals surface area (Å²) < 4.78 is 2.05. The lowest BCUT2D eigenvalue weighted by molar-refractivity contribution is 0.247. The Morgan fingerprint density at radius 3 is 2.50 bits per heavy atom. The Labute approximate surface area is 121 Å². The van der Waals surface area contributed by atoms with E-state index in [0.717, 1.165) is 31.2 Å². The predicted molar refractivity (Wildman–Crippen MR) is 82.1 cm³/mol. The molecule has 2 fully saturated rings. The van der Waals surface area contributed by atoms with Gasteiger partial charge in [-0.15, -0.1) is 0 Å². The normalized spacial score (nSPS) is 20.6. The van der Waals surface area contributed by atoms with E-state index in [2.05, 4.69) is 38.9 Å². The van der Waals surface area contributed by atoms with Gasteiger partial charge in [0.25, 0.3) is 0 Å². The first-order valence-corrected chi connectivity index (χ1v) is 7.83. The van der Waals surface area contributed by atoms with Gasteiger partial charge in [-0.3, -0.25) is 9.58 Å².